The Kier molecular flexibility index (Phi) is 12.1. The van der Waals surface area contributed by atoms with Crippen molar-refractivity contribution in [3.63, 3.8) is 0 Å². The Balaban J connectivity index is 1.14. The van der Waals surface area contributed by atoms with Gasteiger partial charge in [0.05, 0.1) is 27.3 Å². The number of thiazole rings is 1. The van der Waals surface area contributed by atoms with Crippen molar-refractivity contribution < 1.29 is 42.1 Å². The molecular formula is C45H57ClF2N8O7S. The van der Waals surface area contributed by atoms with Crippen LogP contribution in [-0.4, -0.2) is 128 Å². The number of ether oxygens (including phenoxy) is 4. The number of likely N-dealkylation sites (tertiary alicyclic amines) is 1. The van der Waals surface area contributed by atoms with E-state index >= 15 is 8.78 Å². The summed E-state index contributed by atoms with van der Waals surface area (Å²) < 4.78 is 56.3. The predicted octanol–water partition coefficient (Wildman–Crippen LogP) is 9.62. The molecule has 0 radical (unpaired) electrons. The molecule has 4 aliphatic heterocycles. The van der Waals surface area contributed by atoms with Crippen LogP contribution < -0.4 is 15.0 Å². The number of fused-ring (bicyclic) bond motifs is 6. The number of benzene rings is 2. The molecule has 346 valence electrons. The molecule has 4 bridgehead atoms. The molecule has 4 aromatic rings. The van der Waals surface area contributed by atoms with Crippen LogP contribution in [0.25, 0.3) is 32.2 Å². The minimum atomic E-state index is -0.794. The Morgan fingerprint density at radius 2 is 1.41 bits per heavy atom. The maximum Gasteiger partial charge on any atom is 0.413 e. The number of hydrogen-bond acceptors (Lipinski definition) is 13. The van der Waals surface area contributed by atoms with Crippen LogP contribution in [0, 0.1) is 11.6 Å². The smallest absolute Gasteiger partial charge is 0.413 e. The standard InChI is InChI=1S/C45H57ClF2N8O7S/c1-23(18-55-24-11-12-25(55)20-54(19-24)41(58)62-44(5,6)7)60-38-49-34-29(37(51-38)53-21-26-13-14-27(22-53)56(26)42(59)63-45(8,9)10)17-30(46)32(33(34)48)28-15-16-31(47)36-35(28)50-39(64-36)52-40(57)61-43(2,3)4/h15-17,23-27H,11-14,18-22H2,1-10H3,(H,50,52,57). The van der Waals surface area contributed by atoms with Crippen molar-refractivity contribution in [1.82, 2.24) is 29.7 Å². The number of halogens is 3. The van der Waals surface area contributed by atoms with Crippen LogP contribution in [-0.2, 0) is 14.2 Å². The number of rotatable bonds is 7. The van der Waals surface area contributed by atoms with Crippen molar-refractivity contribution in [3.05, 3.63) is 34.9 Å². The van der Waals surface area contributed by atoms with Gasteiger partial charge in [0.25, 0.3) is 0 Å². The highest BCUT2D eigenvalue weighted by atomic mass is 35.5. The Bertz CT molecular complexity index is 2460. The van der Waals surface area contributed by atoms with Gasteiger partial charge in [0.15, 0.2) is 10.9 Å². The summed E-state index contributed by atoms with van der Waals surface area (Å²) in [5.74, 6) is -1.01. The van der Waals surface area contributed by atoms with Gasteiger partial charge in [-0.1, -0.05) is 22.9 Å². The number of hydrogen-bond donors (Lipinski definition) is 1. The van der Waals surface area contributed by atoms with Gasteiger partial charge in [-0.15, -0.1) is 0 Å². The average Bonchev–Trinajstić information content (AvgIpc) is 3.77. The molecular weight excluding hydrogens is 870 g/mol. The zero-order valence-corrected chi connectivity index (χ0v) is 39.6. The van der Waals surface area contributed by atoms with Gasteiger partial charge < -0.3 is 28.7 Å². The SMILES string of the molecule is CC(CN1C2CCC1CN(C(=O)OC(C)(C)C)C2)Oc1nc(N2CC3CCC(C2)N3C(=O)OC(C)(C)C)c2cc(Cl)c(-c3ccc(F)c4sc(NC(=O)OC(C)(C)C)nc34)c(F)c2n1. The number of nitrogens with zero attached hydrogens (tertiary/aromatic N) is 7. The van der Waals surface area contributed by atoms with Crippen LogP contribution >= 0.6 is 22.9 Å². The number of nitrogens with one attached hydrogen (secondary N) is 1. The van der Waals surface area contributed by atoms with Crippen LogP contribution in [0.3, 0.4) is 0 Å². The Morgan fingerprint density at radius 1 is 0.812 bits per heavy atom. The molecule has 6 heterocycles. The normalized spacial score (nSPS) is 22.0. The minimum absolute atomic E-state index is 0.0100. The van der Waals surface area contributed by atoms with Crippen LogP contribution in [0.1, 0.15) is 94.9 Å². The van der Waals surface area contributed by atoms with E-state index in [2.05, 4.69) is 15.2 Å². The average molecular weight is 928 g/mol. The molecule has 3 amide bonds. The summed E-state index contributed by atoms with van der Waals surface area (Å²) in [6.07, 6.45) is 1.45. The Morgan fingerprint density at radius 3 is 2.02 bits per heavy atom. The van der Waals surface area contributed by atoms with Crippen molar-refractivity contribution >= 4 is 73.3 Å². The highest BCUT2D eigenvalue weighted by Gasteiger charge is 2.46. The first-order valence-corrected chi connectivity index (χ1v) is 23.1. The first-order valence-electron chi connectivity index (χ1n) is 21.9. The quantitative estimate of drug-likeness (QED) is 0.176. The molecule has 5 atom stereocenters. The van der Waals surface area contributed by atoms with E-state index in [0.717, 1.165) is 37.0 Å². The lowest BCUT2D eigenvalue weighted by molar-refractivity contribution is -0.00503. The molecule has 0 spiro atoms. The fourth-order valence-electron chi connectivity index (χ4n) is 9.29. The summed E-state index contributed by atoms with van der Waals surface area (Å²) in [4.78, 5) is 61.1. The van der Waals surface area contributed by atoms with Gasteiger partial charge in [0.2, 0.25) is 0 Å². The number of carbonyl (C=O) groups excluding carboxylic acids is 3. The first-order chi connectivity index (χ1) is 29.9. The third-order valence-electron chi connectivity index (χ3n) is 11.7. The van der Waals surface area contributed by atoms with Gasteiger partial charge >= 0.3 is 24.3 Å². The van der Waals surface area contributed by atoms with Crippen molar-refractivity contribution in [2.24, 2.45) is 0 Å². The second kappa shape index (κ2) is 16.9. The number of anilines is 2. The number of carbonyl (C=O) groups is 3. The topological polar surface area (TPSA) is 152 Å². The zero-order valence-electron chi connectivity index (χ0n) is 38.0. The van der Waals surface area contributed by atoms with Crippen molar-refractivity contribution in [3.8, 4) is 17.1 Å². The van der Waals surface area contributed by atoms with Crippen molar-refractivity contribution in [2.45, 2.75) is 142 Å². The van der Waals surface area contributed by atoms with E-state index in [9.17, 15) is 14.4 Å². The van der Waals surface area contributed by atoms with Crippen LogP contribution in [0.15, 0.2) is 18.2 Å². The van der Waals surface area contributed by atoms with Crippen molar-refractivity contribution in [2.75, 3.05) is 42.9 Å². The molecule has 5 unspecified atom stereocenters. The minimum Gasteiger partial charge on any atom is -0.459 e. The van der Waals surface area contributed by atoms with Gasteiger partial charge in [-0.05, 0) is 113 Å². The summed E-state index contributed by atoms with van der Waals surface area (Å²) in [7, 11) is 0. The summed E-state index contributed by atoms with van der Waals surface area (Å²) in [5.41, 5.74) is -1.90. The molecule has 8 rings (SSSR count). The molecule has 4 aliphatic rings. The van der Waals surface area contributed by atoms with E-state index in [1.165, 1.54) is 12.1 Å². The van der Waals surface area contributed by atoms with Gasteiger partial charge in [-0.2, -0.15) is 9.97 Å². The fraction of sp³-hybridized carbons (Fsp3) is 0.600. The third kappa shape index (κ3) is 9.59. The molecule has 64 heavy (non-hydrogen) atoms. The highest BCUT2D eigenvalue weighted by Crippen LogP contribution is 2.44. The van der Waals surface area contributed by atoms with Gasteiger partial charge in [0.1, 0.15) is 40.1 Å². The molecule has 0 aliphatic carbocycles. The number of amides is 3. The monoisotopic (exact) mass is 926 g/mol. The second-order valence-electron chi connectivity index (χ2n) is 20.3. The lowest BCUT2D eigenvalue weighted by Gasteiger charge is -2.42. The molecule has 4 saturated heterocycles. The lowest BCUT2D eigenvalue weighted by Crippen LogP contribution is -2.57. The predicted molar refractivity (Wildman–Crippen MR) is 241 cm³/mol. The molecule has 1 N–H and O–H groups in total. The Hall–Kier alpha value is -4.81. The van der Waals surface area contributed by atoms with E-state index in [-0.39, 0.29) is 79.4 Å². The summed E-state index contributed by atoms with van der Waals surface area (Å²) in [6.45, 7) is 20.5. The maximum atomic E-state index is 17.5. The van der Waals surface area contributed by atoms with Gasteiger partial charge in [0, 0.05) is 61.3 Å². The maximum absolute atomic E-state index is 17.5. The van der Waals surface area contributed by atoms with Gasteiger partial charge in [-0.3, -0.25) is 15.1 Å². The molecule has 15 nitrogen and oxygen atoms in total. The fourth-order valence-corrected chi connectivity index (χ4v) is 10.5. The van der Waals surface area contributed by atoms with E-state index in [4.69, 9.17) is 40.5 Å². The summed E-state index contributed by atoms with van der Waals surface area (Å²) >= 11 is 7.90. The van der Waals surface area contributed by atoms with E-state index in [0.29, 0.717) is 43.9 Å². The molecule has 0 saturated carbocycles. The van der Waals surface area contributed by atoms with E-state index in [1.54, 1.807) is 31.7 Å². The first kappa shape index (κ1) is 45.7. The Labute approximate surface area is 380 Å². The molecule has 2 aromatic heterocycles. The largest absolute Gasteiger partial charge is 0.459 e. The zero-order chi connectivity index (χ0) is 46.2. The molecule has 4 fully saturated rings. The number of aromatic nitrogens is 3. The summed E-state index contributed by atoms with van der Waals surface area (Å²) in [6, 6.07) is 4.01. The van der Waals surface area contributed by atoms with Gasteiger partial charge in [-0.25, -0.2) is 28.1 Å². The van der Waals surface area contributed by atoms with E-state index in [1.807, 2.05) is 58.3 Å². The second-order valence-corrected chi connectivity index (χ2v) is 21.7. The van der Waals surface area contributed by atoms with Crippen LogP contribution in [0.2, 0.25) is 5.02 Å². The van der Waals surface area contributed by atoms with Crippen molar-refractivity contribution in [1.29, 1.82) is 0 Å². The third-order valence-corrected chi connectivity index (χ3v) is 12.9. The van der Waals surface area contributed by atoms with Crippen LogP contribution in [0.5, 0.6) is 6.01 Å². The lowest BCUT2D eigenvalue weighted by atomic mass is 10.0. The molecule has 2 aromatic carbocycles. The van der Waals surface area contributed by atoms with Crippen LogP contribution in [0.4, 0.5) is 34.1 Å². The summed E-state index contributed by atoms with van der Waals surface area (Å²) in [5, 5.41) is 2.96. The highest BCUT2D eigenvalue weighted by molar-refractivity contribution is 7.22. The van der Waals surface area contributed by atoms with E-state index < -0.39 is 40.6 Å². The molecule has 19 heteroatoms. The number of piperazine rings is 2.